The summed E-state index contributed by atoms with van der Waals surface area (Å²) in [6.07, 6.45) is 7.15. The third-order valence-electron chi connectivity index (χ3n) is 8.56. The normalized spacial score (nSPS) is 22.4. The van der Waals surface area contributed by atoms with Crippen LogP contribution in [0.3, 0.4) is 0 Å². The summed E-state index contributed by atoms with van der Waals surface area (Å²) in [6.45, 7) is 5.47. The molecular formula is C33H52O10. The molecule has 244 valence electrons. The molecule has 0 bridgehead atoms. The van der Waals surface area contributed by atoms with Crippen LogP contribution in [-0.4, -0.2) is 91.8 Å². The largest absolute Gasteiger partial charge is 0.482 e. The Kier molecular flexibility index (Phi) is 15.7. The van der Waals surface area contributed by atoms with Crippen molar-refractivity contribution in [1.29, 1.82) is 0 Å². The van der Waals surface area contributed by atoms with Gasteiger partial charge in [-0.1, -0.05) is 38.3 Å². The fourth-order valence-corrected chi connectivity index (χ4v) is 6.38. The lowest BCUT2D eigenvalue weighted by molar-refractivity contribution is -0.153. The number of esters is 1. The average Bonchev–Trinajstić information content (AvgIpc) is 3.28. The number of carbonyl (C=O) groups is 2. The van der Waals surface area contributed by atoms with E-state index in [-0.39, 0.29) is 44.4 Å². The van der Waals surface area contributed by atoms with Crippen molar-refractivity contribution in [3.8, 4) is 5.75 Å². The number of unbranched alkanes of at least 4 members (excludes halogenated alkanes) is 2. The molecule has 10 nitrogen and oxygen atoms in total. The zero-order chi connectivity index (χ0) is 31.0. The molecule has 0 amide bonds. The number of aliphatic hydroxyl groups is 2. The van der Waals surface area contributed by atoms with Crippen molar-refractivity contribution in [3.05, 3.63) is 29.3 Å². The van der Waals surface area contributed by atoms with Gasteiger partial charge in [-0.25, -0.2) is 4.79 Å². The van der Waals surface area contributed by atoms with Crippen molar-refractivity contribution in [2.45, 2.75) is 96.4 Å². The van der Waals surface area contributed by atoms with Gasteiger partial charge in [0.05, 0.1) is 58.3 Å². The molecule has 0 spiro atoms. The van der Waals surface area contributed by atoms with Crippen molar-refractivity contribution in [2.75, 3.05) is 46.2 Å². The van der Waals surface area contributed by atoms with Gasteiger partial charge in [0.25, 0.3) is 0 Å². The predicted molar refractivity (Wildman–Crippen MR) is 160 cm³/mol. The second-order valence-electron chi connectivity index (χ2n) is 12.0. The van der Waals surface area contributed by atoms with Crippen LogP contribution in [0, 0.1) is 17.8 Å². The Hall–Kier alpha value is -2.24. The maximum absolute atomic E-state index is 12.4. The van der Waals surface area contributed by atoms with E-state index in [0.717, 1.165) is 63.4 Å². The number of fused-ring (bicyclic) bond motifs is 2. The van der Waals surface area contributed by atoms with Gasteiger partial charge in [0.2, 0.25) is 0 Å². The third kappa shape index (κ3) is 12.3. The number of carboxylic acid groups (broad SMARTS) is 1. The van der Waals surface area contributed by atoms with Gasteiger partial charge in [-0.3, -0.25) is 4.79 Å². The van der Waals surface area contributed by atoms with Crippen molar-refractivity contribution >= 4 is 11.9 Å². The molecule has 2 aliphatic carbocycles. The first-order valence-electron chi connectivity index (χ1n) is 16.0. The van der Waals surface area contributed by atoms with E-state index in [0.29, 0.717) is 44.0 Å². The Balaban J connectivity index is 1.35. The summed E-state index contributed by atoms with van der Waals surface area (Å²) >= 11 is 0. The average molecular weight is 609 g/mol. The quantitative estimate of drug-likeness (QED) is 0.131. The molecule has 1 unspecified atom stereocenters. The summed E-state index contributed by atoms with van der Waals surface area (Å²) in [4.78, 5) is 22.9. The van der Waals surface area contributed by atoms with Crippen LogP contribution in [0.2, 0.25) is 0 Å². The molecular weight excluding hydrogens is 556 g/mol. The van der Waals surface area contributed by atoms with Crippen LogP contribution in [0.1, 0.15) is 76.3 Å². The molecule has 0 aliphatic heterocycles. The Bertz CT molecular complexity index is 969. The number of carboxylic acids is 1. The number of carbonyl (C=O) groups excluding carboxylic acids is 1. The summed E-state index contributed by atoms with van der Waals surface area (Å²) in [6, 6.07) is 5.97. The predicted octanol–water partition coefficient (Wildman–Crippen LogP) is 3.95. The second-order valence-corrected chi connectivity index (χ2v) is 12.0. The Morgan fingerprint density at radius 1 is 1.00 bits per heavy atom. The van der Waals surface area contributed by atoms with Crippen LogP contribution >= 0.6 is 0 Å². The standard InChI is InChI=1S/C33H52O10/c1-3-4-5-8-26(34)10-11-27-28-18-24-7-6-9-31(29(24)19-25(28)20-30(27)35)42-22-33(38)43-23(2)21-41-17-16-40-15-14-39-13-12-32(36)37/h6-7,9,23,25-28,30,34-35H,3-5,8,10-22H2,1-2H3,(H,36,37)/t23?,25-,26-,27+,28-,30+/m0/s1. The molecule has 1 saturated carbocycles. The van der Waals surface area contributed by atoms with Gasteiger partial charge in [-0.05, 0) is 80.4 Å². The van der Waals surface area contributed by atoms with E-state index in [4.69, 9.17) is 28.8 Å². The van der Waals surface area contributed by atoms with Crippen LogP contribution in [0.15, 0.2) is 18.2 Å². The van der Waals surface area contributed by atoms with Crippen molar-refractivity contribution < 1.29 is 48.6 Å². The van der Waals surface area contributed by atoms with E-state index in [9.17, 15) is 19.8 Å². The lowest BCUT2D eigenvalue weighted by atomic mass is 9.73. The second kappa shape index (κ2) is 19.2. The fraction of sp³-hybridized carbons (Fsp3) is 0.758. The molecule has 0 heterocycles. The SMILES string of the molecule is CCCCC[C@H](O)CC[C@@H]1[C@H]2Cc3cccc(OCC(=O)OC(C)COCCOCCOCCC(=O)O)c3C[C@H]2C[C@H]1O. The highest BCUT2D eigenvalue weighted by Crippen LogP contribution is 2.48. The van der Waals surface area contributed by atoms with Gasteiger partial charge < -0.3 is 39.0 Å². The minimum atomic E-state index is -0.895. The number of benzene rings is 1. The zero-order valence-electron chi connectivity index (χ0n) is 25.9. The molecule has 3 rings (SSSR count). The maximum Gasteiger partial charge on any atom is 0.344 e. The van der Waals surface area contributed by atoms with Gasteiger partial charge in [0.1, 0.15) is 11.9 Å². The molecule has 43 heavy (non-hydrogen) atoms. The Morgan fingerprint density at radius 2 is 1.74 bits per heavy atom. The number of aliphatic hydroxyl groups excluding tert-OH is 2. The molecule has 2 aliphatic rings. The van der Waals surface area contributed by atoms with Crippen LogP contribution < -0.4 is 4.74 Å². The Labute approximate surface area is 256 Å². The van der Waals surface area contributed by atoms with Crippen molar-refractivity contribution in [2.24, 2.45) is 17.8 Å². The highest BCUT2D eigenvalue weighted by atomic mass is 16.6. The molecule has 10 heteroatoms. The number of hydrogen-bond acceptors (Lipinski definition) is 9. The Morgan fingerprint density at radius 3 is 2.49 bits per heavy atom. The van der Waals surface area contributed by atoms with Gasteiger partial charge in [-0.2, -0.15) is 0 Å². The molecule has 6 atom stereocenters. The first kappa shape index (κ1) is 35.2. The van der Waals surface area contributed by atoms with E-state index in [2.05, 4.69) is 13.0 Å². The maximum atomic E-state index is 12.4. The molecule has 0 radical (unpaired) electrons. The number of ether oxygens (including phenoxy) is 5. The minimum absolute atomic E-state index is 0.0307. The summed E-state index contributed by atoms with van der Waals surface area (Å²) in [5, 5.41) is 29.9. The summed E-state index contributed by atoms with van der Waals surface area (Å²) in [5.74, 6) is 0.309. The van der Waals surface area contributed by atoms with Crippen LogP contribution in [0.5, 0.6) is 5.75 Å². The van der Waals surface area contributed by atoms with E-state index in [1.807, 2.05) is 12.1 Å². The number of rotatable bonds is 22. The van der Waals surface area contributed by atoms with Gasteiger partial charge in [-0.15, -0.1) is 0 Å². The molecule has 1 aromatic carbocycles. The fourth-order valence-electron chi connectivity index (χ4n) is 6.38. The first-order chi connectivity index (χ1) is 20.8. The molecule has 1 aromatic rings. The van der Waals surface area contributed by atoms with E-state index in [1.165, 1.54) is 5.56 Å². The molecule has 0 aromatic heterocycles. The monoisotopic (exact) mass is 608 g/mol. The van der Waals surface area contributed by atoms with E-state index in [1.54, 1.807) is 6.92 Å². The molecule has 0 saturated heterocycles. The van der Waals surface area contributed by atoms with Crippen LogP contribution in [-0.2, 0) is 41.4 Å². The number of hydrogen-bond donors (Lipinski definition) is 3. The topological polar surface area (TPSA) is 141 Å². The van der Waals surface area contributed by atoms with Crippen LogP contribution in [0.4, 0.5) is 0 Å². The smallest absolute Gasteiger partial charge is 0.344 e. The number of aliphatic carboxylic acids is 1. The minimum Gasteiger partial charge on any atom is -0.482 e. The van der Waals surface area contributed by atoms with Gasteiger partial charge in [0, 0.05) is 0 Å². The van der Waals surface area contributed by atoms with Crippen molar-refractivity contribution in [3.63, 3.8) is 0 Å². The molecule has 1 fully saturated rings. The lowest BCUT2D eigenvalue weighted by Crippen LogP contribution is -2.28. The lowest BCUT2D eigenvalue weighted by Gasteiger charge is -2.32. The van der Waals surface area contributed by atoms with Crippen molar-refractivity contribution in [1.82, 2.24) is 0 Å². The zero-order valence-corrected chi connectivity index (χ0v) is 25.9. The van der Waals surface area contributed by atoms with E-state index >= 15 is 0 Å². The van der Waals surface area contributed by atoms with E-state index < -0.39 is 18.0 Å². The highest BCUT2D eigenvalue weighted by Gasteiger charge is 2.44. The molecule has 3 N–H and O–H groups in total. The highest BCUT2D eigenvalue weighted by molar-refractivity contribution is 5.71. The van der Waals surface area contributed by atoms with Gasteiger partial charge >= 0.3 is 11.9 Å². The summed E-state index contributed by atoms with van der Waals surface area (Å²) in [7, 11) is 0. The van der Waals surface area contributed by atoms with Crippen LogP contribution in [0.25, 0.3) is 0 Å². The first-order valence-corrected chi connectivity index (χ1v) is 16.0. The summed E-state index contributed by atoms with van der Waals surface area (Å²) in [5.41, 5.74) is 2.33. The third-order valence-corrected chi connectivity index (χ3v) is 8.56. The van der Waals surface area contributed by atoms with Gasteiger partial charge in [0.15, 0.2) is 6.61 Å². The summed E-state index contributed by atoms with van der Waals surface area (Å²) < 4.78 is 27.4.